The summed E-state index contributed by atoms with van der Waals surface area (Å²) in [5, 5.41) is 2.94. The molecular weight excluding hydrogens is 356 g/mol. The van der Waals surface area contributed by atoms with Crippen molar-refractivity contribution in [3.63, 3.8) is 0 Å². The van der Waals surface area contributed by atoms with Crippen molar-refractivity contribution in [1.29, 1.82) is 0 Å². The smallest absolute Gasteiger partial charge is 0.243 e. The van der Waals surface area contributed by atoms with Gasteiger partial charge in [-0.3, -0.25) is 4.79 Å². The van der Waals surface area contributed by atoms with Crippen molar-refractivity contribution in [3.8, 4) is 11.5 Å². The molecule has 2 rings (SSSR count). The molecule has 1 N–H and O–H groups in total. The number of methoxy groups -OCH3 is 2. The first-order chi connectivity index (χ1) is 12.1. The highest BCUT2D eigenvalue weighted by atomic mass is 32.2. The molecule has 0 radical (unpaired) electrons. The van der Waals surface area contributed by atoms with Gasteiger partial charge in [0.05, 0.1) is 25.0 Å². The predicted molar refractivity (Wildman–Crippen MR) is 98.9 cm³/mol. The molecule has 1 aliphatic rings. The van der Waals surface area contributed by atoms with Gasteiger partial charge in [0.2, 0.25) is 15.9 Å². The number of ether oxygens (including phenoxy) is 2. The second kappa shape index (κ2) is 7.84. The number of amides is 1. The second-order valence-corrected chi connectivity index (χ2v) is 9.40. The van der Waals surface area contributed by atoms with E-state index in [0.29, 0.717) is 30.9 Å². The normalized spacial score (nSPS) is 19.0. The topological polar surface area (TPSA) is 84.9 Å². The zero-order valence-electron chi connectivity index (χ0n) is 16.0. The van der Waals surface area contributed by atoms with E-state index in [1.807, 2.05) is 20.8 Å². The molecule has 0 unspecified atom stereocenters. The zero-order valence-corrected chi connectivity index (χ0v) is 16.9. The second-order valence-electron chi connectivity index (χ2n) is 7.46. The van der Waals surface area contributed by atoms with Crippen molar-refractivity contribution < 1.29 is 22.7 Å². The van der Waals surface area contributed by atoms with Crippen molar-refractivity contribution in [2.45, 2.75) is 44.0 Å². The van der Waals surface area contributed by atoms with E-state index in [2.05, 4.69) is 5.32 Å². The lowest BCUT2D eigenvalue weighted by atomic mass is 9.97. The molecule has 1 aromatic carbocycles. The lowest BCUT2D eigenvalue weighted by molar-refractivity contribution is -0.127. The molecule has 0 saturated carbocycles. The lowest BCUT2D eigenvalue weighted by Crippen LogP contribution is -2.49. The number of rotatable bonds is 5. The van der Waals surface area contributed by atoms with Gasteiger partial charge in [0.25, 0.3) is 0 Å². The first kappa shape index (κ1) is 20.5. The minimum absolute atomic E-state index is 0.107. The number of piperidine rings is 1. The number of hydrogen-bond acceptors (Lipinski definition) is 5. The van der Waals surface area contributed by atoms with Crippen LogP contribution in [0.1, 0.15) is 33.6 Å². The molecule has 1 aliphatic heterocycles. The van der Waals surface area contributed by atoms with Crippen LogP contribution in [0.5, 0.6) is 11.5 Å². The maximum Gasteiger partial charge on any atom is 0.243 e. The van der Waals surface area contributed by atoms with Crippen molar-refractivity contribution in [2.24, 2.45) is 5.92 Å². The standard InChI is InChI=1S/C18H28N2O5S/c1-18(2,3)19-17(21)13-7-6-10-20(12-13)26(22,23)14-8-9-15(24-4)16(11-14)25-5/h8-9,11,13H,6-7,10,12H2,1-5H3,(H,19,21)/t13-/m1/s1. The minimum Gasteiger partial charge on any atom is -0.493 e. The summed E-state index contributed by atoms with van der Waals surface area (Å²) >= 11 is 0. The molecule has 1 heterocycles. The van der Waals surface area contributed by atoms with Gasteiger partial charge in [0, 0.05) is 24.7 Å². The molecule has 1 aromatic rings. The predicted octanol–water partition coefficient (Wildman–Crippen LogP) is 2.02. The van der Waals surface area contributed by atoms with Gasteiger partial charge in [-0.2, -0.15) is 4.31 Å². The van der Waals surface area contributed by atoms with Gasteiger partial charge in [0.1, 0.15) is 0 Å². The van der Waals surface area contributed by atoms with Crippen LogP contribution in [-0.4, -0.2) is 51.5 Å². The Morgan fingerprint density at radius 2 is 1.85 bits per heavy atom. The van der Waals surface area contributed by atoms with Crippen LogP contribution in [0.2, 0.25) is 0 Å². The van der Waals surface area contributed by atoms with Gasteiger partial charge in [-0.25, -0.2) is 8.42 Å². The Kier molecular flexibility index (Phi) is 6.18. The number of nitrogens with zero attached hydrogens (tertiary/aromatic N) is 1. The third kappa shape index (κ3) is 4.67. The van der Waals surface area contributed by atoms with E-state index < -0.39 is 10.0 Å². The number of nitrogens with one attached hydrogen (secondary N) is 1. The Labute approximate surface area is 155 Å². The fourth-order valence-electron chi connectivity index (χ4n) is 2.97. The quantitative estimate of drug-likeness (QED) is 0.839. The van der Waals surface area contributed by atoms with Gasteiger partial charge in [-0.15, -0.1) is 0 Å². The van der Waals surface area contributed by atoms with Gasteiger partial charge >= 0.3 is 0 Å². The van der Waals surface area contributed by atoms with E-state index in [9.17, 15) is 13.2 Å². The van der Waals surface area contributed by atoms with E-state index in [-0.39, 0.29) is 28.8 Å². The van der Waals surface area contributed by atoms with Gasteiger partial charge in [-0.1, -0.05) is 0 Å². The molecule has 146 valence electrons. The number of hydrogen-bond donors (Lipinski definition) is 1. The summed E-state index contributed by atoms with van der Waals surface area (Å²) < 4.78 is 37.8. The maximum absolute atomic E-state index is 13.0. The number of carbonyl (C=O) groups is 1. The first-order valence-electron chi connectivity index (χ1n) is 8.62. The Bertz CT molecular complexity index is 755. The minimum atomic E-state index is -3.71. The summed E-state index contributed by atoms with van der Waals surface area (Å²) in [4.78, 5) is 12.6. The van der Waals surface area contributed by atoms with Crippen molar-refractivity contribution in [3.05, 3.63) is 18.2 Å². The summed E-state index contributed by atoms with van der Waals surface area (Å²) in [6.07, 6.45) is 1.33. The Morgan fingerprint density at radius 3 is 2.42 bits per heavy atom. The van der Waals surface area contributed by atoms with Gasteiger partial charge < -0.3 is 14.8 Å². The van der Waals surface area contributed by atoms with E-state index >= 15 is 0 Å². The van der Waals surface area contributed by atoms with Crippen molar-refractivity contribution in [2.75, 3.05) is 27.3 Å². The molecule has 26 heavy (non-hydrogen) atoms. The van der Waals surface area contributed by atoms with Crippen LogP contribution in [-0.2, 0) is 14.8 Å². The number of benzene rings is 1. The zero-order chi connectivity index (χ0) is 19.5. The highest BCUT2D eigenvalue weighted by Gasteiger charge is 2.34. The monoisotopic (exact) mass is 384 g/mol. The molecule has 0 aliphatic carbocycles. The van der Waals surface area contributed by atoms with Crippen LogP contribution in [0.3, 0.4) is 0 Å². The maximum atomic E-state index is 13.0. The summed E-state index contributed by atoms with van der Waals surface area (Å²) in [5.41, 5.74) is -0.346. The largest absolute Gasteiger partial charge is 0.493 e. The third-order valence-electron chi connectivity index (χ3n) is 4.25. The average molecular weight is 384 g/mol. The molecule has 1 saturated heterocycles. The van der Waals surface area contributed by atoms with Crippen molar-refractivity contribution in [1.82, 2.24) is 9.62 Å². The molecule has 8 heteroatoms. The summed E-state index contributed by atoms with van der Waals surface area (Å²) in [6, 6.07) is 4.52. The third-order valence-corrected chi connectivity index (χ3v) is 6.11. The first-order valence-corrected chi connectivity index (χ1v) is 10.1. The highest BCUT2D eigenvalue weighted by Crippen LogP contribution is 2.32. The molecule has 1 amide bonds. The molecule has 0 aromatic heterocycles. The Hall–Kier alpha value is -1.80. The van der Waals surface area contributed by atoms with Crippen LogP contribution in [0, 0.1) is 5.92 Å². The molecule has 1 atom stereocenters. The van der Waals surface area contributed by atoms with E-state index in [0.717, 1.165) is 0 Å². The fraction of sp³-hybridized carbons (Fsp3) is 0.611. The summed E-state index contributed by atoms with van der Waals surface area (Å²) in [5.74, 6) is 0.364. The lowest BCUT2D eigenvalue weighted by Gasteiger charge is -2.33. The SMILES string of the molecule is COc1ccc(S(=O)(=O)N2CCC[C@@H](C(=O)NC(C)(C)C)C2)cc1OC. The summed E-state index contributed by atoms with van der Waals surface area (Å²) in [6.45, 7) is 6.30. The van der Waals surface area contributed by atoms with Gasteiger partial charge in [-0.05, 0) is 45.7 Å². The Morgan fingerprint density at radius 1 is 1.19 bits per heavy atom. The van der Waals surface area contributed by atoms with Crippen LogP contribution in [0.25, 0.3) is 0 Å². The molecule has 0 bridgehead atoms. The summed E-state index contributed by atoms with van der Waals surface area (Å²) in [7, 11) is -0.756. The van der Waals surface area contributed by atoms with E-state index in [1.165, 1.54) is 30.7 Å². The molecule has 0 spiro atoms. The molecule has 1 fully saturated rings. The van der Waals surface area contributed by atoms with Crippen LogP contribution >= 0.6 is 0 Å². The molecular formula is C18H28N2O5S. The van der Waals surface area contributed by atoms with Gasteiger partial charge in [0.15, 0.2) is 11.5 Å². The number of sulfonamides is 1. The van der Waals surface area contributed by atoms with E-state index in [1.54, 1.807) is 6.07 Å². The van der Waals surface area contributed by atoms with Crippen molar-refractivity contribution >= 4 is 15.9 Å². The Balaban J connectivity index is 2.22. The highest BCUT2D eigenvalue weighted by molar-refractivity contribution is 7.89. The van der Waals surface area contributed by atoms with E-state index in [4.69, 9.17) is 9.47 Å². The fourth-order valence-corrected chi connectivity index (χ4v) is 4.51. The molecule has 7 nitrogen and oxygen atoms in total. The van der Waals surface area contributed by atoms with Crippen LogP contribution < -0.4 is 14.8 Å². The van der Waals surface area contributed by atoms with Crippen LogP contribution in [0.15, 0.2) is 23.1 Å². The van der Waals surface area contributed by atoms with Crippen LogP contribution in [0.4, 0.5) is 0 Å². The average Bonchev–Trinajstić information content (AvgIpc) is 2.59. The number of carbonyl (C=O) groups excluding carboxylic acids is 1.